The summed E-state index contributed by atoms with van der Waals surface area (Å²) >= 11 is 0. The van der Waals surface area contributed by atoms with Crippen LogP contribution in [-0.4, -0.2) is 130 Å². The van der Waals surface area contributed by atoms with Crippen molar-refractivity contribution in [2.24, 2.45) is 11.3 Å². The number of carbonyl (C=O) groups excluding carboxylic acids is 5. The molecule has 288 valence electrons. The molecular formula is C35H62N4O11. The summed E-state index contributed by atoms with van der Waals surface area (Å²) in [7, 11) is 0. The number of hydrogen-bond donors (Lipinski definition) is 4. The summed E-state index contributed by atoms with van der Waals surface area (Å²) in [5.74, 6) is -2.15. The molecule has 0 fully saturated rings. The number of nitrogens with one attached hydrogen (secondary N) is 3. The van der Waals surface area contributed by atoms with Gasteiger partial charge in [0.15, 0.2) is 6.29 Å². The summed E-state index contributed by atoms with van der Waals surface area (Å²) in [4.78, 5) is 60.7. The first kappa shape index (κ1) is 45.1. The van der Waals surface area contributed by atoms with Crippen molar-refractivity contribution in [2.75, 3.05) is 72.4 Å². The van der Waals surface area contributed by atoms with Gasteiger partial charge in [-0.1, -0.05) is 27.7 Å². The average molecular weight is 715 g/mol. The van der Waals surface area contributed by atoms with Crippen molar-refractivity contribution in [2.45, 2.75) is 98.6 Å². The molecule has 0 aromatic heterocycles. The minimum atomic E-state index is -0.833. The van der Waals surface area contributed by atoms with E-state index in [9.17, 15) is 29.1 Å². The Morgan fingerprint density at radius 1 is 0.840 bits per heavy atom. The van der Waals surface area contributed by atoms with Crippen LogP contribution in [0, 0.1) is 11.3 Å². The zero-order valence-corrected chi connectivity index (χ0v) is 31.2. The van der Waals surface area contributed by atoms with Crippen LogP contribution < -0.4 is 16.0 Å². The maximum Gasteiger partial charge on any atom is 0.308 e. The Labute approximate surface area is 297 Å². The van der Waals surface area contributed by atoms with Crippen molar-refractivity contribution < 1.29 is 52.8 Å². The van der Waals surface area contributed by atoms with Gasteiger partial charge in [-0.05, 0) is 52.0 Å². The number of ether oxygens (including phenoxy) is 5. The Balaban J connectivity index is 2.05. The highest BCUT2D eigenvalue weighted by Gasteiger charge is 2.28. The highest BCUT2D eigenvalue weighted by Crippen LogP contribution is 2.24. The lowest BCUT2D eigenvalue weighted by Crippen LogP contribution is -2.38. The number of hydrogen-bond acceptors (Lipinski definition) is 12. The summed E-state index contributed by atoms with van der Waals surface area (Å²) in [6.07, 6.45) is 3.04. The number of aliphatic hydroxyl groups excluding tert-OH is 1. The molecule has 1 aliphatic rings. The fourth-order valence-corrected chi connectivity index (χ4v) is 4.65. The van der Waals surface area contributed by atoms with Crippen LogP contribution in [0.5, 0.6) is 0 Å². The number of esters is 1. The van der Waals surface area contributed by atoms with Gasteiger partial charge in [-0.25, -0.2) is 0 Å². The first-order valence-corrected chi connectivity index (χ1v) is 17.5. The molecule has 0 saturated carbocycles. The van der Waals surface area contributed by atoms with Gasteiger partial charge in [-0.3, -0.25) is 28.9 Å². The largest absolute Gasteiger partial charge is 0.460 e. The molecule has 15 heteroatoms. The predicted molar refractivity (Wildman–Crippen MR) is 186 cm³/mol. The molecule has 4 amide bonds. The number of carbonyl (C=O) groups is 5. The number of nitrogens with zero attached hydrogens (tertiary/aromatic N) is 1. The molecule has 0 saturated heterocycles. The van der Waals surface area contributed by atoms with E-state index in [2.05, 4.69) is 36.7 Å². The van der Waals surface area contributed by atoms with Crippen molar-refractivity contribution >= 4 is 29.6 Å². The molecule has 0 aliphatic carbocycles. The van der Waals surface area contributed by atoms with Crippen molar-refractivity contribution in [3.63, 3.8) is 0 Å². The van der Waals surface area contributed by atoms with Crippen LogP contribution in [0.15, 0.2) is 12.2 Å². The zero-order chi connectivity index (χ0) is 37.6. The fraction of sp³-hybridized carbons (Fsp3) is 0.800. The predicted octanol–water partition coefficient (Wildman–Crippen LogP) is 1.46. The summed E-state index contributed by atoms with van der Waals surface area (Å²) in [6, 6.07) is 0. The SMILES string of the molecule is CC(CCC(=O)NCCNCCCOCCOCCNC(=O)CCN1C(=O)C=CC1=O)C(=O)OCC(OC(CO)CC(C)(C)C)OC(C)(C)C. The number of imide groups is 1. The molecule has 1 aliphatic heterocycles. The smallest absolute Gasteiger partial charge is 0.308 e. The third kappa shape index (κ3) is 22.7. The highest BCUT2D eigenvalue weighted by atomic mass is 16.7. The number of rotatable bonds is 27. The maximum atomic E-state index is 12.6. The lowest BCUT2D eigenvalue weighted by Gasteiger charge is -2.32. The third-order valence-corrected chi connectivity index (χ3v) is 7.11. The van der Waals surface area contributed by atoms with Crippen molar-refractivity contribution in [3.8, 4) is 0 Å². The van der Waals surface area contributed by atoms with E-state index in [1.165, 1.54) is 12.2 Å². The van der Waals surface area contributed by atoms with Gasteiger partial charge in [-0.2, -0.15) is 0 Å². The second-order valence-electron chi connectivity index (χ2n) is 14.4. The summed E-state index contributed by atoms with van der Waals surface area (Å²) < 4.78 is 28.3. The molecule has 0 spiro atoms. The number of amides is 4. The van der Waals surface area contributed by atoms with Crippen LogP contribution in [0.3, 0.4) is 0 Å². The highest BCUT2D eigenvalue weighted by molar-refractivity contribution is 6.13. The molecule has 1 heterocycles. The monoisotopic (exact) mass is 714 g/mol. The van der Waals surface area contributed by atoms with E-state index in [-0.39, 0.29) is 49.8 Å². The molecular weight excluding hydrogens is 652 g/mol. The molecule has 0 radical (unpaired) electrons. The molecule has 50 heavy (non-hydrogen) atoms. The second kappa shape index (κ2) is 24.3. The normalized spacial score (nSPS) is 15.2. The van der Waals surface area contributed by atoms with E-state index in [0.717, 1.165) is 17.9 Å². The van der Waals surface area contributed by atoms with Crippen molar-refractivity contribution in [3.05, 3.63) is 12.2 Å². The molecule has 3 atom stereocenters. The minimum absolute atomic E-state index is 0.0408. The van der Waals surface area contributed by atoms with Crippen molar-refractivity contribution in [1.29, 1.82) is 0 Å². The minimum Gasteiger partial charge on any atom is -0.460 e. The molecule has 3 unspecified atom stereocenters. The standard InChI is InChI=1S/C35H62N4O11/c1-26(33(45)48-25-32(50-35(5,6)7)49-27(24-40)23-34(2,3)4)9-10-28(41)37-16-15-36-14-8-19-46-21-22-47-20-17-38-29(42)13-18-39-30(43)11-12-31(39)44/h11-12,26-27,32,36,40H,8-10,13-25H2,1-7H3,(H,37,41)(H,38,42). The zero-order valence-electron chi connectivity index (χ0n) is 31.2. The van der Waals surface area contributed by atoms with Gasteiger partial charge in [-0.15, -0.1) is 0 Å². The van der Waals surface area contributed by atoms with Gasteiger partial charge in [0.1, 0.15) is 6.61 Å². The van der Waals surface area contributed by atoms with Gasteiger partial charge in [0.25, 0.3) is 11.8 Å². The molecule has 0 bridgehead atoms. The maximum absolute atomic E-state index is 12.6. The van der Waals surface area contributed by atoms with E-state index < -0.39 is 41.7 Å². The average Bonchev–Trinajstić information content (AvgIpc) is 3.35. The van der Waals surface area contributed by atoms with Crippen LogP contribution in [0.2, 0.25) is 0 Å². The topological polar surface area (TPSA) is 191 Å². The quantitative estimate of drug-likeness (QED) is 0.0416. The lowest BCUT2D eigenvalue weighted by atomic mass is 9.89. The summed E-state index contributed by atoms with van der Waals surface area (Å²) in [5, 5.41) is 18.5. The van der Waals surface area contributed by atoms with Gasteiger partial charge in [0.2, 0.25) is 11.8 Å². The Hall–Kier alpha value is -2.95. The van der Waals surface area contributed by atoms with E-state index in [1.54, 1.807) is 6.92 Å². The van der Waals surface area contributed by atoms with Crippen LogP contribution in [0.4, 0.5) is 0 Å². The van der Waals surface area contributed by atoms with Crippen LogP contribution in [0.1, 0.15) is 80.6 Å². The summed E-state index contributed by atoms with van der Waals surface area (Å²) in [5.41, 5.74) is -0.612. The van der Waals surface area contributed by atoms with E-state index >= 15 is 0 Å². The molecule has 15 nitrogen and oxygen atoms in total. The van der Waals surface area contributed by atoms with Crippen LogP contribution in [0.25, 0.3) is 0 Å². The van der Waals surface area contributed by atoms with Crippen LogP contribution in [-0.2, 0) is 47.7 Å². The fourth-order valence-electron chi connectivity index (χ4n) is 4.65. The first-order valence-electron chi connectivity index (χ1n) is 17.5. The molecule has 0 aromatic rings. The Bertz CT molecular complexity index is 1050. The van der Waals surface area contributed by atoms with Crippen molar-refractivity contribution in [1.82, 2.24) is 20.9 Å². The Kier molecular flexibility index (Phi) is 21.9. The van der Waals surface area contributed by atoms with Gasteiger partial charge >= 0.3 is 5.97 Å². The van der Waals surface area contributed by atoms with Crippen LogP contribution >= 0.6 is 0 Å². The van der Waals surface area contributed by atoms with E-state index in [1.807, 2.05) is 20.8 Å². The van der Waals surface area contributed by atoms with Gasteiger partial charge in [0, 0.05) is 57.8 Å². The van der Waals surface area contributed by atoms with E-state index in [4.69, 9.17) is 23.7 Å². The Morgan fingerprint density at radius 3 is 2.08 bits per heavy atom. The molecule has 1 rings (SSSR count). The first-order chi connectivity index (χ1) is 23.5. The molecule has 4 N–H and O–H groups in total. The lowest BCUT2D eigenvalue weighted by molar-refractivity contribution is -0.242. The second-order valence-corrected chi connectivity index (χ2v) is 14.4. The molecule has 0 aromatic carbocycles. The summed E-state index contributed by atoms with van der Waals surface area (Å²) in [6.45, 7) is 17.0. The Morgan fingerprint density at radius 2 is 1.46 bits per heavy atom. The van der Waals surface area contributed by atoms with E-state index in [0.29, 0.717) is 58.9 Å². The van der Waals surface area contributed by atoms with Gasteiger partial charge < -0.3 is 44.7 Å². The third-order valence-electron chi connectivity index (χ3n) is 7.11. The van der Waals surface area contributed by atoms with Gasteiger partial charge in [0.05, 0.1) is 44.1 Å². The number of aliphatic hydroxyl groups is 1.